The third kappa shape index (κ3) is 2.98. The fourth-order valence-electron chi connectivity index (χ4n) is 2.73. The molecule has 2 unspecified atom stereocenters. The van der Waals surface area contributed by atoms with Crippen molar-refractivity contribution in [3.63, 3.8) is 0 Å². The minimum absolute atomic E-state index is 0.148. The van der Waals surface area contributed by atoms with E-state index in [1.54, 1.807) is 11.8 Å². The molecule has 0 aromatic heterocycles. The third-order valence-electron chi connectivity index (χ3n) is 3.72. The van der Waals surface area contributed by atoms with E-state index in [-0.39, 0.29) is 24.2 Å². The summed E-state index contributed by atoms with van der Waals surface area (Å²) in [4.78, 5) is 25.1. The van der Waals surface area contributed by atoms with Crippen molar-refractivity contribution in [3.8, 4) is 0 Å². The summed E-state index contributed by atoms with van der Waals surface area (Å²) >= 11 is 0. The summed E-state index contributed by atoms with van der Waals surface area (Å²) in [5.74, 6) is -1.85. The minimum Gasteiger partial charge on any atom is -0.481 e. The van der Waals surface area contributed by atoms with Crippen molar-refractivity contribution in [2.45, 2.75) is 20.3 Å². The number of likely N-dealkylation sites (tertiary alicyclic amines) is 1. The smallest absolute Gasteiger partial charge is 0.308 e. The maximum atomic E-state index is 13.1. The minimum atomic E-state index is -0.870. The second-order valence-electron chi connectivity index (χ2n) is 5.55. The van der Waals surface area contributed by atoms with Crippen LogP contribution in [0.1, 0.15) is 29.3 Å². The number of piperidine rings is 1. The molecule has 0 aliphatic carbocycles. The van der Waals surface area contributed by atoms with Crippen LogP contribution in [-0.4, -0.2) is 35.0 Å². The van der Waals surface area contributed by atoms with Crippen LogP contribution in [0.15, 0.2) is 18.2 Å². The molecular weight excluding hydrogens is 261 g/mol. The monoisotopic (exact) mass is 279 g/mol. The van der Waals surface area contributed by atoms with Crippen molar-refractivity contribution < 1.29 is 19.1 Å². The van der Waals surface area contributed by atoms with Gasteiger partial charge in [-0.05, 0) is 43.0 Å². The molecule has 0 bridgehead atoms. The topological polar surface area (TPSA) is 57.6 Å². The number of halogens is 1. The SMILES string of the molecule is Cc1cc(F)ccc1C(=O)N1CC(C)CC(C(=O)O)C1. The number of benzene rings is 1. The molecule has 1 fully saturated rings. The summed E-state index contributed by atoms with van der Waals surface area (Å²) in [6.45, 7) is 4.38. The van der Waals surface area contributed by atoms with Crippen LogP contribution in [0.4, 0.5) is 4.39 Å². The Morgan fingerprint density at radius 2 is 2.05 bits per heavy atom. The van der Waals surface area contributed by atoms with Crippen LogP contribution in [-0.2, 0) is 4.79 Å². The molecule has 1 saturated heterocycles. The van der Waals surface area contributed by atoms with Gasteiger partial charge in [-0.15, -0.1) is 0 Å². The van der Waals surface area contributed by atoms with E-state index in [2.05, 4.69) is 0 Å². The van der Waals surface area contributed by atoms with Gasteiger partial charge in [-0.1, -0.05) is 6.92 Å². The predicted octanol–water partition coefficient (Wildman–Crippen LogP) is 2.32. The number of rotatable bonds is 2. The standard InChI is InChI=1S/C15H18FNO3/c1-9-5-11(15(19)20)8-17(7-9)14(18)13-4-3-12(16)6-10(13)2/h3-4,6,9,11H,5,7-8H2,1-2H3,(H,19,20). The van der Waals surface area contributed by atoms with E-state index in [0.29, 0.717) is 24.1 Å². The molecule has 0 spiro atoms. The Balaban J connectivity index is 2.21. The van der Waals surface area contributed by atoms with Crippen LogP contribution in [0.2, 0.25) is 0 Å². The fourth-order valence-corrected chi connectivity index (χ4v) is 2.73. The highest BCUT2D eigenvalue weighted by Crippen LogP contribution is 2.24. The van der Waals surface area contributed by atoms with Crippen LogP contribution in [0, 0.1) is 24.6 Å². The Labute approximate surface area is 117 Å². The number of nitrogens with zero attached hydrogens (tertiary/aromatic N) is 1. The van der Waals surface area contributed by atoms with E-state index < -0.39 is 11.9 Å². The maximum absolute atomic E-state index is 13.1. The zero-order valence-electron chi connectivity index (χ0n) is 11.6. The number of carboxylic acid groups (broad SMARTS) is 1. The number of carboxylic acids is 1. The van der Waals surface area contributed by atoms with E-state index in [0.717, 1.165) is 0 Å². The van der Waals surface area contributed by atoms with Crippen molar-refractivity contribution in [1.82, 2.24) is 4.90 Å². The van der Waals surface area contributed by atoms with Crippen molar-refractivity contribution >= 4 is 11.9 Å². The number of aryl methyl sites for hydroxylation is 1. The highest BCUT2D eigenvalue weighted by atomic mass is 19.1. The first-order chi connectivity index (χ1) is 9.38. The van der Waals surface area contributed by atoms with E-state index in [1.807, 2.05) is 6.92 Å². The van der Waals surface area contributed by atoms with Crippen LogP contribution in [0.5, 0.6) is 0 Å². The molecule has 108 valence electrons. The predicted molar refractivity (Wildman–Crippen MR) is 71.9 cm³/mol. The van der Waals surface area contributed by atoms with Crippen LogP contribution < -0.4 is 0 Å². The lowest BCUT2D eigenvalue weighted by atomic mass is 9.90. The Morgan fingerprint density at radius 3 is 2.65 bits per heavy atom. The van der Waals surface area contributed by atoms with Gasteiger partial charge in [0.15, 0.2) is 0 Å². The Bertz CT molecular complexity index is 544. The van der Waals surface area contributed by atoms with Gasteiger partial charge in [-0.2, -0.15) is 0 Å². The third-order valence-corrected chi connectivity index (χ3v) is 3.72. The number of hydrogen-bond donors (Lipinski definition) is 1. The highest BCUT2D eigenvalue weighted by Gasteiger charge is 2.32. The molecule has 1 aliphatic heterocycles. The molecule has 20 heavy (non-hydrogen) atoms. The van der Waals surface area contributed by atoms with Gasteiger partial charge in [0.25, 0.3) is 5.91 Å². The highest BCUT2D eigenvalue weighted by molar-refractivity contribution is 5.96. The summed E-state index contributed by atoms with van der Waals surface area (Å²) in [5, 5.41) is 9.13. The quantitative estimate of drug-likeness (QED) is 0.903. The summed E-state index contributed by atoms with van der Waals surface area (Å²) in [7, 11) is 0. The second kappa shape index (κ2) is 5.61. The fraction of sp³-hybridized carbons (Fsp3) is 0.467. The molecule has 1 heterocycles. The Kier molecular flexibility index (Phi) is 4.06. The summed E-state index contributed by atoms with van der Waals surface area (Å²) < 4.78 is 13.1. The second-order valence-corrected chi connectivity index (χ2v) is 5.55. The lowest BCUT2D eigenvalue weighted by Gasteiger charge is -2.35. The Hall–Kier alpha value is -1.91. The molecule has 1 aromatic carbocycles. The van der Waals surface area contributed by atoms with Gasteiger partial charge < -0.3 is 10.0 Å². The number of amides is 1. The number of carbonyl (C=O) groups is 2. The first-order valence-electron chi connectivity index (χ1n) is 6.66. The van der Waals surface area contributed by atoms with E-state index in [1.165, 1.54) is 18.2 Å². The van der Waals surface area contributed by atoms with E-state index in [9.17, 15) is 14.0 Å². The molecule has 4 nitrogen and oxygen atoms in total. The molecule has 0 saturated carbocycles. The van der Waals surface area contributed by atoms with Gasteiger partial charge >= 0.3 is 5.97 Å². The van der Waals surface area contributed by atoms with E-state index >= 15 is 0 Å². The van der Waals surface area contributed by atoms with Crippen LogP contribution in [0.3, 0.4) is 0 Å². The number of carbonyl (C=O) groups excluding carboxylic acids is 1. The summed E-state index contributed by atoms with van der Waals surface area (Å²) in [6, 6.07) is 4.03. The van der Waals surface area contributed by atoms with Gasteiger partial charge in [-0.3, -0.25) is 9.59 Å². The van der Waals surface area contributed by atoms with Gasteiger partial charge in [0, 0.05) is 18.7 Å². The molecular formula is C15H18FNO3. The van der Waals surface area contributed by atoms with Crippen LogP contribution in [0.25, 0.3) is 0 Å². The normalized spacial score (nSPS) is 22.6. The average molecular weight is 279 g/mol. The van der Waals surface area contributed by atoms with Crippen LogP contribution >= 0.6 is 0 Å². The number of hydrogen-bond acceptors (Lipinski definition) is 2. The van der Waals surface area contributed by atoms with Crippen molar-refractivity contribution in [2.75, 3.05) is 13.1 Å². The lowest BCUT2D eigenvalue weighted by Crippen LogP contribution is -2.45. The molecule has 0 radical (unpaired) electrons. The first-order valence-corrected chi connectivity index (χ1v) is 6.66. The first kappa shape index (κ1) is 14.5. The average Bonchev–Trinajstić information content (AvgIpc) is 2.37. The summed E-state index contributed by atoms with van der Waals surface area (Å²) in [5.41, 5.74) is 1.00. The van der Waals surface area contributed by atoms with Gasteiger partial charge in [0.2, 0.25) is 0 Å². The number of aliphatic carboxylic acids is 1. The van der Waals surface area contributed by atoms with Gasteiger partial charge in [0.1, 0.15) is 5.82 Å². The Morgan fingerprint density at radius 1 is 1.35 bits per heavy atom. The largest absolute Gasteiger partial charge is 0.481 e. The zero-order chi connectivity index (χ0) is 14.9. The molecule has 1 aromatic rings. The zero-order valence-corrected chi connectivity index (χ0v) is 11.6. The van der Waals surface area contributed by atoms with Gasteiger partial charge in [-0.25, -0.2) is 4.39 Å². The molecule has 2 rings (SSSR count). The van der Waals surface area contributed by atoms with Crippen molar-refractivity contribution in [2.24, 2.45) is 11.8 Å². The maximum Gasteiger partial charge on any atom is 0.308 e. The summed E-state index contributed by atoms with van der Waals surface area (Å²) in [6.07, 6.45) is 0.585. The lowest BCUT2D eigenvalue weighted by molar-refractivity contribution is -0.143. The molecule has 1 amide bonds. The van der Waals surface area contributed by atoms with Gasteiger partial charge in [0.05, 0.1) is 5.92 Å². The molecule has 5 heteroatoms. The molecule has 1 aliphatic rings. The van der Waals surface area contributed by atoms with E-state index in [4.69, 9.17) is 5.11 Å². The van der Waals surface area contributed by atoms with Crippen molar-refractivity contribution in [1.29, 1.82) is 0 Å². The van der Waals surface area contributed by atoms with Crippen molar-refractivity contribution in [3.05, 3.63) is 35.1 Å². The molecule has 1 N–H and O–H groups in total. The molecule has 2 atom stereocenters.